The lowest BCUT2D eigenvalue weighted by Gasteiger charge is -1.99. The molecule has 2 rings (SSSR count). The summed E-state index contributed by atoms with van der Waals surface area (Å²) in [6, 6.07) is 9.53. The molecule has 5 nitrogen and oxygen atoms in total. The minimum atomic E-state index is -0.148. The van der Waals surface area contributed by atoms with Crippen LogP contribution in [0.25, 0.3) is 0 Å². The van der Waals surface area contributed by atoms with Crippen LogP contribution in [0.4, 0.5) is 0 Å². The maximum Gasteiger partial charge on any atom is 0.244 e. The van der Waals surface area contributed by atoms with Gasteiger partial charge in [-0.1, -0.05) is 30.3 Å². The van der Waals surface area contributed by atoms with Crippen LogP contribution in [-0.2, 0) is 11.2 Å². The maximum absolute atomic E-state index is 11.6. The number of hydrogen-bond acceptors (Lipinski definition) is 3. The van der Waals surface area contributed by atoms with Crippen LogP contribution >= 0.6 is 0 Å². The number of carbonyl (C=O) groups excluding carboxylic acids is 1. The summed E-state index contributed by atoms with van der Waals surface area (Å²) < 4.78 is 0. The van der Waals surface area contributed by atoms with Gasteiger partial charge in [0.05, 0.1) is 19.0 Å². The minimum absolute atomic E-state index is 0.148. The molecular weight excluding hydrogens is 228 g/mol. The number of hydrazone groups is 1. The molecule has 0 saturated heterocycles. The molecule has 0 unspecified atom stereocenters. The number of imidazole rings is 1. The number of nitrogens with one attached hydrogen (secondary N) is 2. The smallest absolute Gasteiger partial charge is 0.244 e. The van der Waals surface area contributed by atoms with E-state index < -0.39 is 0 Å². The number of hydrogen-bond donors (Lipinski definition) is 2. The van der Waals surface area contributed by atoms with Crippen LogP contribution in [0, 0.1) is 6.92 Å². The lowest BCUT2D eigenvalue weighted by molar-refractivity contribution is -0.120. The zero-order chi connectivity index (χ0) is 12.8. The quantitative estimate of drug-likeness (QED) is 0.628. The summed E-state index contributed by atoms with van der Waals surface area (Å²) >= 11 is 0. The van der Waals surface area contributed by atoms with Gasteiger partial charge >= 0.3 is 0 Å². The normalized spacial score (nSPS) is 10.7. The Morgan fingerprint density at radius 1 is 1.44 bits per heavy atom. The molecule has 2 N–H and O–H groups in total. The van der Waals surface area contributed by atoms with Gasteiger partial charge in [0.2, 0.25) is 5.91 Å². The van der Waals surface area contributed by atoms with Crippen molar-refractivity contribution in [3.63, 3.8) is 0 Å². The second-order valence-electron chi connectivity index (χ2n) is 3.87. The summed E-state index contributed by atoms with van der Waals surface area (Å²) in [5.41, 5.74) is 5.06. The first-order valence-corrected chi connectivity index (χ1v) is 5.61. The highest BCUT2D eigenvalue weighted by Crippen LogP contribution is 1.99. The third kappa shape index (κ3) is 3.28. The van der Waals surface area contributed by atoms with E-state index in [0.29, 0.717) is 6.42 Å². The van der Waals surface area contributed by atoms with Crippen molar-refractivity contribution in [1.82, 2.24) is 15.4 Å². The number of aromatic nitrogens is 2. The van der Waals surface area contributed by atoms with E-state index in [9.17, 15) is 4.79 Å². The minimum Gasteiger partial charge on any atom is -0.348 e. The summed E-state index contributed by atoms with van der Waals surface area (Å²) in [4.78, 5) is 18.5. The molecule has 92 valence electrons. The number of H-pyrrole nitrogens is 1. The van der Waals surface area contributed by atoms with Crippen molar-refractivity contribution < 1.29 is 4.79 Å². The first-order valence-electron chi connectivity index (χ1n) is 5.61. The fraction of sp³-hybridized carbons (Fsp3) is 0.154. The third-order valence-corrected chi connectivity index (χ3v) is 2.45. The Morgan fingerprint density at radius 3 is 2.89 bits per heavy atom. The first kappa shape index (κ1) is 12.0. The van der Waals surface area contributed by atoms with Crippen molar-refractivity contribution in [2.24, 2.45) is 5.10 Å². The predicted molar refractivity (Wildman–Crippen MR) is 69.2 cm³/mol. The highest BCUT2D eigenvalue weighted by atomic mass is 16.2. The zero-order valence-corrected chi connectivity index (χ0v) is 10.1. The molecule has 1 heterocycles. The molecule has 1 aromatic carbocycles. The van der Waals surface area contributed by atoms with Crippen LogP contribution in [0.3, 0.4) is 0 Å². The van der Waals surface area contributed by atoms with Gasteiger partial charge < -0.3 is 4.98 Å². The van der Waals surface area contributed by atoms with Crippen LogP contribution in [0.5, 0.6) is 0 Å². The van der Waals surface area contributed by atoms with Gasteiger partial charge in [-0.2, -0.15) is 5.10 Å². The zero-order valence-electron chi connectivity index (χ0n) is 10.1. The summed E-state index contributed by atoms with van der Waals surface area (Å²) in [6.07, 6.45) is 3.43. The van der Waals surface area contributed by atoms with E-state index >= 15 is 0 Å². The molecule has 0 bridgehead atoms. The SMILES string of the molecule is Cc1[nH]cnc1/C=N/NC(=O)Cc1ccccc1. The maximum atomic E-state index is 11.6. The van der Waals surface area contributed by atoms with E-state index in [4.69, 9.17) is 0 Å². The van der Waals surface area contributed by atoms with Gasteiger partial charge in [-0.05, 0) is 12.5 Å². The number of aromatic amines is 1. The number of rotatable bonds is 4. The number of benzene rings is 1. The van der Waals surface area contributed by atoms with Gasteiger partial charge in [-0.3, -0.25) is 4.79 Å². The third-order valence-electron chi connectivity index (χ3n) is 2.45. The first-order chi connectivity index (χ1) is 8.75. The molecule has 1 aromatic heterocycles. The Labute approximate surface area is 105 Å². The number of carbonyl (C=O) groups is 1. The van der Waals surface area contributed by atoms with Gasteiger partial charge in [-0.25, -0.2) is 10.4 Å². The highest BCUT2D eigenvalue weighted by molar-refractivity contribution is 5.82. The van der Waals surface area contributed by atoms with Gasteiger partial charge in [0.25, 0.3) is 0 Å². The molecule has 0 radical (unpaired) electrons. The number of nitrogens with zero attached hydrogens (tertiary/aromatic N) is 2. The second kappa shape index (κ2) is 5.77. The van der Waals surface area contributed by atoms with Crippen molar-refractivity contribution >= 4 is 12.1 Å². The Hall–Kier alpha value is -2.43. The lowest BCUT2D eigenvalue weighted by Crippen LogP contribution is -2.19. The van der Waals surface area contributed by atoms with Gasteiger partial charge in [0.15, 0.2) is 0 Å². The lowest BCUT2D eigenvalue weighted by atomic mass is 10.1. The van der Waals surface area contributed by atoms with Gasteiger partial charge in [0.1, 0.15) is 5.69 Å². The molecular formula is C13H14N4O. The Morgan fingerprint density at radius 2 is 2.22 bits per heavy atom. The van der Waals surface area contributed by atoms with E-state index in [2.05, 4.69) is 20.5 Å². The largest absolute Gasteiger partial charge is 0.348 e. The average molecular weight is 242 g/mol. The van der Waals surface area contributed by atoms with E-state index in [0.717, 1.165) is 17.0 Å². The van der Waals surface area contributed by atoms with Crippen LogP contribution in [-0.4, -0.2) is 22.1 Å². The van der Waals surface area contributed by atoms with Crippen molar-refractivity contribution in [2.45, 2.75) is 13.3 Å². The Balaban J connectivity index is 1.86. The molecule has 0 aliphatic heterocycles. The van der Waals surface area contributed by atoms with Crippen LogP contribution in [0.2, 0.25) is 0 Å². The van der Waals surface area contributed by atoms with E-state index in [1.54, 1.807) is 6.33 Å². The molecule has 18 heavy (non-hydrogen) atoms. The van der Waals surface area contributed by atoms with Crippen molar-refractivity contribution in [1.29, 1.82) is 0 Å². The van der Waals surface area contributed by atoms with Crippen LogP contribution < -0.4 is 5.43 Å². The molecule has 5 heteroatoms. The summed E-state index contributed by atoms with van der Waals surface area (Å²) in [5.74, 6) is -0.148. The molecule has 0 aliphatic rings. The van der Waals surface area contributed by atoms with Gasteiger partial charge in [-0.15, -0.1) is 0 Å². The molecule has 0 aliphatic carbocycles. The van der Waals surface area contributed by atoms with Crippen molar-refractivity contribution in [3.05, 3.63) is 53.6 Å². The molecule has 1 amide bonds. The average Bonchev–Trinajstić information content (AvgIpc) is 2.76. The molecule has 0 saturated carbocycles. The Kier molecular flexibility index (Phi) is 3.86. The van der Waals surface area contributed by atoms with Gasteiger partial charge in [0, 0.05) is 5.69 Å². The standard InChI is InChI=1S/C13H14N4O/c1-10-12(15-9-14-10)8-16-17-13(18)7-11-5-3-2-4-6-11/h2-6,8-9H,7H2,1H3,(H,14,15)(H,17,18)/b16-8+. The summed E-state index contributed by atoms with van der Waals surface area (Å²) in [5, 5.41) is 3.86. The van der Waals surface area contributed by atoms with Crippen LogP contribution in [0.15, 0.2) is 41.8 Å². The van der Waals surface area contributed by atoms with Crippen LogP contribution in [0.1, 0.15) is 17.0 Å². The fourth-order valence-electron chi connectivity index (χ4n) is 1.49. The fourth-order valence-corrected chi connectivity index (χ4v) is 1.49. The Bertz CT molecular complexity index is 545. The van der Waals surface area contributed by atoms with Crippen molar-refractivity contribution in [2.75, 3.05) is 0 Å². The molecule has 0 spiro atoms. The number of amides is 1. The topological polar surface area (TPSA) is 70.1 Å². The molecule has 0 atom stereocenters. The highest BCUT2D eigenvalue weighted by Gasteiger charge is 2.01. The van der Waals surface area contributed by atoms with Crippen molar-refractivity contribution in [3.8, 4) is 0 Å². The number of aryl methyl sites for hydroxylation is 1. The van der Waals surface area contributed by atoms with E-state index in [1.165, 1.54) is 6.21 Å². The summed E-state index contributed by atoms with van der Waals surface area (Å²) in [6.45, 7) is 1.89. The second-order valence-corrected chi connectivity index (χ2v) is 3.87. The molecule has 2 aromatic rings. The summed E-state index contributed by atoms with van der Waals surface area (Å²) in [7, 11) is 0. The van der Waals surface area contributed by atoms with E-state index in [-0.39, 0.29) is 5.91 Å². The molecule has 0 fully saturated rings. The van der Waals surface area contributed by atoms with E-state index in [1.807, 2.05) is 37.3 Å². The predicted octanol–water partition coefficient (Wildman–Crippen LogP) is 1.41. The monoisotopic (exact) mass is 242 g/mol.